The van der Waals surface area contributed by atoms with Gasteiger partial charge in [0.15, 0.2) is 0 Å². The van der Waals surface area contributed by atoms with Crippen molar-refractivity contribution in [3.63, 3.8) is 0 Å². The second-order valence-electron chi connectivity index (χ2n) is 9.91. The molecule has 1 atom stereocenters. The van der Waals surface area contributed by atoms with Gasteiger partial charge in [0.05, 0.1) is 10.0 Å². The number of carboxylic acids is 1. The van der Waals surface area contributed by atoms with Crippen molar-refractivity contribution in [3.05, 3.63) is 28.2 Å². The molecule has 0 bridgehead atoms. The van der Waals surface area contributed by atoms with E-state index in [1.807, 2.05) is 6.07 Å². The number of ether oxygens (including phenoxy) is 1. The summed E-state index contributed by atoms with van der Waals surface area (Å²) in [5.41, 5.74) is 0. The highest BCUT2D eigenvalue weighted by atomic mass is 35.5. The van der Waals surface area contributed by atoms with Crippen molar-refractivity contribution in [2.24, 2.45) is 11.8 Å². The van der Waals surface area contributed by atoms with E-state index in [4.69, 9.17) is 27.9 Å². The summed E-state index contributed by atoms with van der Waals surface area (Å²) in [7, 11) is 0. The van der Waals surface area contributed by atoms with E-state index in [-0.39, 0.29) is 12.1 Å². The van der Waals surface area contributed by atoms with E-state index in [0.717, 1.165) is 70.6 Å². The fraction of sp³-hybridized carbons (Fsp3) is 0.720. The first kappa shape index (κ1) is 24.1. The van der Waals surface area contributed by atoms with E-state index in [1.54, 1.807) is 12.1 Å². The highest BCUT2D eigenvalue weighted by Crippen LogP contribution is 2.32. The summed E-state index contributed by atoms with van der Waals surface area (Å²) >= 11 is 12.1. The third-order valence-corrected chi connectivity index (χ3v) is 8.39. The second-order valence-corrected chi connectivity index (χ2v) is 10.7. The molecule has 3 aliphatic rings. The quantitative estimate of drug-likeness (QED) is 0.523. The smallest absolute Gasteiger partial charge is 0.320 e. The Morgan fingerprint density at radius 3 is 2.28 bits per heavy atom. The van der Waals surface area contributed by atoms with Crippen molar-refractivity contribution in [2.75, 3.05) is 32.7 Å². The average Bonchev–Trinajstić information content (AvgIpc) is 3.30. The zero-order valence-corrected chi connectivity index (χ0v) is 20.4. The third-order valence-electron chi connectivity index (χ3n) is 7.65. The predicted octanol–water partition coefficient (Wildman–Crippen LogP) is 5.58. The van der Waals surface area contributed by atoms with Crippen molar-refractivity contribution in [1.29, 1.82) is 0 Å². The Kier molecular flexibility index (Phi) is 8.61. The van der Waals surface area contributed by atoms with Gasteiger partial charge in [0, 0.05) is 25.7 Å². The van der Waals surface area contributed by atoms with Crippen LogP contribution < -0.4 is 4.74 Å². The molecule has 0 amide bonds. The van der Waals surface area contributed by atoms with Gasteiger partial charge in [-0.2, -0.15) is 0 Å². The summed E-state index contributed by atoms with van der Waals surface area (Å²) in [6.45, 7) is 5.06. The van der Waals surface area contributed by atoms with Crippen LogP contribution in [0.5, 0.6) is 5.75 Å². The molecule has 1 aromatic carbocycles. The average molecular weight is 483 g/mol. The molecule has 178 valence electrons. The number of carboxylic acid groups (broad SMARTS) is 1. The fourth-order valence-corrected chi connectivity index (χ4v) is 6.02. The van der Waals surface area contributed by atoms with Crippen molar-refractivity contribution < 1.29 is 14.6 Å². The van der Waals surface area contributed by atoms with E-state index in [1.165, 1.54) is 25.7 Å². The van der Waals surface area contributed by atoms with Gasteiger partial charge in [0.2, 0.25) is 0 Å². The first-order chi connectivity index (χ1) is 15.5. The number of carbonyl (C=O) groups is 1. The number of rotatable bonds is 8. The lowest BCUT2D eigenvalue weighted by atomic mass is 9.91. The summed E-state index contributed by atoms with van der Waals surface area (Å²) in [5.74, 6) is 1.44. The minimum Gasteiger partial charge on any atom is -0.490 e. The van der Waals surface area contributed by atoms with E-state index < -0.39 is 5.97 Å². The SMILES string of the molecule is O=C(O)[C@@H](CC1CCCC1)N1CCC(CN2CCC(Oc3ccc(Cl)c(Cl)c3)CC2)CC1. The lowest BCUT2D eigenvalue weighted by molar-refractivity contribution is -0.144. The first-order valence-corrected chi connectivity index (χ1v) is 13.0. The molecule has 1 aliphatic carbocycles. The molecule has 0 unspecified atom stereocenters. The molecule has 1 N–H and O–H groups in total. The van der Waals surface area contributed by atoms with Crippen LogP contribution in [0.3, 0.4) is 0 Å². The highest BCUT2D eigenvalue weighted by Gasteiger charge is 2.33. The molecule has 2 aliphatic heterocycles. The van der Waals surface area contributed by atoms with Gasteiger partial charge in [0.1, 0.15) is 17.9 Å². The molecule has 1 saturated carbocycles. The molecule has 2 saturated heterocycles. The molecule has 3 fully saturated rings. The Balaban J connectivity index is 1.18. The van der Waals surface area contributed by atoms with Gasteiger partial charge in [0.25, 0.3) is 0 Å². The summed E-state index contributed by atoms with van der Waals surface area (Å²) in [5, 5.41) is 10.9. The van der Waals surface area contributed by atoms with E-state index in [9.17, 15) is 9.90 Å². The molecule has 32 heavy (non-hydrogen) atoms. The van der Waals surface area contributed by atoms with Crippen LogP contribution in [0.25, 0.3) is 0 Å². The monoisotopic (exact) mass is 482 g/mol. The fourth-order valence-electron chi connectivity index (χ4n) is 5.73. The predicted molar refractivity (Wildman–Crippen MR) is 129 cm³/mol. The zero-order chi connectivity index (χ0) is 22.5. The minimum absolute atomic E-state index is 0.220. The normalized spacial score (nSPS) is 23.4. The number of hydrogen-bond acceptors (Lipinski definition) is 4. The molecule has 1 aromatic rings. The van der Waals surface area contributed by atoms with Crippen molar-refractivity contribution in [2.45, 2.75) is 69.9 Å². The van der Waals surface area contributed by atoms with Crippen molar-refractivity contribution in [1.82, 2.24) is 9.80 Å². The number of benzene rings is 1. The maximum Gasteiger partial charge on any atom is 0.320 e. The summed E-state index contributed by atoms with van der Waals surface area (Å²) in [6.07, 6.45) is 10.3. The molecule has 0 radical (unpaired) electrons. The van der Waals surface area contributed by atoms with E-state index in [2.05, 4.69) is 9.80 Å². The zero-order valence-electron chi connectivity index (χ0n) is 18.9. The summed E-state index contributed by atoms with van der Waals surface area (Å²) in [4.78, 5) is 16.7. The van der Waals surface area contributed by atoms with Crippen LogP contribution in [0, 0.1) is 11.8 Å². The van der Waals surface area contributed by atoms with Gasteiger partial charge in [-0.15, -0.1) is 0 Å². The highest BCUT2D eigenvalue weighted by molar-refractivity contribution is 6.42. The molecule has 5 nitrogen and oxygen atoms in total. The molecule has 7 heteroatoms. The minimum atomic E-state index is -0.626. The van der Waals surface area contributed by atoms with Crippen LogP contribution in [0.15, 0.2) is 18.2 Å². The van der Waals surface area contributed by atoms with Crippen LogP contribution in [0.1, 0.15) is 57.8 Å². The third kappa shape index (κ3) is 6.53. The number of likely N-dealkylation sites (tertiary alicyclic amines) is 2. The van der Waals surface area contributed by atoms with Gasteiger partial charge < -0.3 is 14.7 Å². The van der Waals surface area contributed by atoms with Crippen molar-refractivity contribution >= 4 is 29.2 Å². The lowest BCUT2D eigenvalue weighted by Gasteiger charge is -2.39. The van der Waals surface area contributed by atoms with Crippen molar-refractivity contribution in [3.8, 4) is 5.75 Å². The Bertz CT molecular complexity index is 756. The molecule has 2 heterocycles. The van der Waals surface area contributed by atoms with Crippen LogP contribution >= 0.6 is 23.2 Å². The molecule has 0 aromatic heterocycles. The van der Waals surface area contributed by atoms with Gasteiger partial charge in [-0.1, -0.05) is 48.9 Å². The maximum absolute atomic E-state index is 11.9. The standard InChI is InChI=1S/C25H36Cl2N2O3/c26-22-6-5-21(16-23(22)27)32-20-9-11-28(12-10-20)17-19-7-13-29(14-8-19)24(25(30)31)15-18-3-1-2-4-18/h5-6,16,18-20,24H,1-4,7-15,17H2,(H,30,31)/t24-/m1/s1. The van der Waals surface area contributed by atoms with Crippen LogP contribution in [-0.2, 0) is 4.79 Å². The molecular formula is C25H36Cl2N2O3. The van der Waals surface area contributed by atoms with Gasteiger partial charge in [-0.05, 0) is 69.2 Å². The van der Waals surface area contributed by atoms with Crippen LogP contribution in [-0.4, -0.2) is 65.7 Å². The molecule has 4 rings (SSSR count). The summed E-state index contributed by atoms with van der Waals surface area (Å²) < 4.78 is 6.11. The Labute approximate surface area is 202 Å². The lowest BCUT2D eigenvalue weighted by Crippen LogP contribution is -2.48. The van der Waals surface area contributed by atoms with Gasteiger partial charge in [-0.3, -0.25) is 9.69 Å². The Morgan fingerprint density at radius 2 is 1.66 bits per heavy atom. The Hall–Kier alpha value is -1.01. The Morgan fingerprint density at radius 1 is 0.969 bits per heavy atom. The molecule has 0 spiro atoms. The number of halogens is 2. The van der Waals surface area contributed by atoms with Gasteiger partial charge in [-0.25, -0.2) is 0 Å². The number of aliphatic carboxylic acids is 1. The number of nitrogens with zero attached hydrogens (tertiary/aromatic N) is 2. The second kappa shape index (κ2) is 11.4. The first-order valence-electron chi connectivity index (χ1n) is 12.3. The number of hydrogen-bond donors (Lipinski definition) is 1. The van der Waals surface area contributed by atoms with Gasteiger partial charge >= 0.3 is 5.97 Å². The van der Waals surface area contributed by atoms with Crippen LogP contribution in [0.2, 0.25) is 10.0 Å². The van der Waals surface area contributed by atoms with E-state index >= 15 is 0 Å². The molecular weight excluding hydrogens is 447 g/mol. The largest absolute Gasteiger partial charge is 0.490 e. The number of piperidine rings is 2. The topological polar surface area (TPSA) is 53.0 Å². The van der Waals surface area contributed by atoms with Crippen LogP contribution in [0.4, 0.5) is 0 Å². The summed E-state index contributed by atoms with van der Waals surface area (Å²) in [6, 6.07) is 5.17. The van der Waals surface area contributed by atoms with E-state index in [0.29, 0.717) is 21.9 Å². The maximum atomic E-state index is 11.9.